The number of pyridine rings is 1. The molecule has 2 aromatic carbocycles. The van der Waals surface area contributed by atoms with Crippen LogP contribution in [0.25, 0.3) is 28.1 Å². The van der Waals surface area contributed by atoms with Crippen molar-refractivity contribution < 1.29 is 9.18 Å². The lowest BCUT2D eigenvalue weighted by Crippen LogP contribution is -2.23. The molecule has 1 aliphatic heterocycles. The maximum absolute atomic E-state index is 14.6. The molecule has 0 bridgehead atoms. The molecule has 1 atom stereocenters. The van der Waals surface area contributed by atoms with Crippen LogP contribution in [0.15, 0.2) is 65.8 Å². The predicted octanol–water partition coefficient (Wildman–Crippen LogP) is 3.31. The van der Waals surface area contributed by atoms with Crippen LogP contribution in [-0.2, 0) is 6.42 Å². The molecule has 0 aliphatic carbocycles. The molecule has 3 N–H and O–H groups in total. The number of tetrazole rings is 1. The van der Waals surface area contributed by atoms with Gasteiger partial charge in [0.15, 0.2) is 0 Å². The number of carbonyl (C=O) groups excluding carboxylic acids is 1. The molecule has 184 valence electrons. The van der Waals surface area contributed by atoms with Crippen molar-refractivity contribution in [3.05, 3.63) is 99.3 Å². The second kappa shape index (κ2) is 8.79. The van der Waals surface area contributed by atoms with Gasteiger partial charge in [0.1, 0.15) is 18.0 Å². The Morgan fingerprint density at radius 2 is 2.00 bits per heavy atom. The molecule has 1 amide bonds. The minimum Gasteiger partial charge on any atom is -0.366 e. The average Bonchev–Trinajstić information content (AvgIpc) is 3.64. The first-order valence-electron chi connectivity index (χ1n) is 11.3. The summed E-state index contributed by atoms with van der Waals surface area (Å²) in [6.07, 6.45) is 4.28. The van der Waals surface area contributed by atoms with E-state index in [0.717, 1.165) is 17.3 Å². The highest BCUT2D eigenvalue weighted by atomic mass is 35.5. The van der Waals surface area contributed by atoms with Gasteiger partial charge in [-0.05, 0) is 71.3 Å². The van der Waals surface area contributed by atoms with E-state index in [0.29, 0.717) is 40.6 Å². The van der Waals surface area contributed by atoms with Crippen molar-refractivity contribution in [3.8, 4) is 28.1 Å². The van der Waals surface area contributed by atoms with Gasteiger partial charge in [0.25, 0.3) is 5.56 Å². The number of primary amides is 1. The van der Waals surface area contributed by atoms with Gasteiger partial charge < -0.3 is 15.3 Å². The Kier molecular flexibility index (Phi) is 5.41. The Balaban J connectivity index is 1.36. The van der Waals surface area contributed by atoms with E-state index in [9.17, 15) is 14.0 Å². The first kappa shape index (κ1) is 22.8. The third kappa shape index (κ3) is 3.99. The number of fused-ring (bicyclic) bond motifs is 1. The largest absolute Gasteiger partial charge is 0.366 e. The van der Waals surface area contributed by atoms with Gasteiger partial charge in [0, 0.05) is 33.5 Å². The molecular weight excluding hydrogens is 499 g/mol. The molecule has 37 heavy (non-hydrogen) atoms. The number of aromatic nitrogens is 7. The van der Waals surface area contributed by atoms with E-state index in [1.54, 1.807) is 28.8 Å². The van der Waals surface area contributed by atoms with E-state index in [2.05, 4.69) is 25.5 Å². The van der Waals surface area contributed by atoms with Crippen molar-refractivity contribution in [2.45, 2.75) is 18.9 Å². The lowest BCUT2D eigenvalue weighted by Gasteiger charge is -2.15. The monoisotopic (exact) mass is 516 g/mol. The maximum atomic E-state index is 14.6. The zero-order valence-electron chi connectivity index (χ0n) is 19.1. The van der Waals surface area contributed by atoms with Crippen molar-refractivity contribution in [1.29, 1.82) is 0 Å². The van der Waals surface area contributed by atoms with Gasteiger partial charge in [0.05, 0.1) is 23.6 Å². The predicted molar refractivity (Wildman–Crippen MR) is 133 cm³/mol. The Labute approximate surface area is 213 Å². The highest BCUT2D eigenvalue weighted by molar-refractivity contribution is 6.31. The molecule has 5 aromatic rings. The van der Waals surface area contributed by atoms with Gasteiger partial charge in [-0.25, -0.2) is 9.37 Å². The zero-order chi connectivity index (χ0) is 25.7. The summed E-state index contributed by atoms with van der Waals surface area (Å²) < 4.78 is 17.8. The third-order valence-corrected chi connectivity index (χ3v) is 6.69. The summed E-state index contributed by atoms with van der Waals surface area (Å²) >= 11 is 6.27. The Hall–Kier alpha value is -4.64. The summed E-state index contributed by atoms with van der Waals surface area (Å²) in [5.41, 5.74) is 8.74. The molecule has 3 aromatic heterocycles. The van der Waals surface area contributed by atoms with Gasteiger partial charge in [-0.1, -0.05) is 11.6 Å². The number of nitrogens with zero attached hydrogens (tertiary/aromatic N) is 6. The Bertz CT molecular complexity index is 1730. The summed E-state index contributed by atoms with van der Waals surface area (Å²) in [6.45, 7) is 0. The molecule has 0 saturated heterocycles. The fourth-order valence-electron chi connectivity index (χ4n) is 4.75. The van der Waals surface area contributed by atoms with Crippen LogP contribution < -0.4 is 11.3 Å². The van der Waals surface area contributed by atoms with E-state index in [1.165, 1.54) is 29.3 Å². The number of hydrogen-bond acceptors (Lipinski definition) is 6. The highest BCUT2D eigenvalue weighted by Crippen LogP contribution is 2.34. The molecular formula is C25H18ClFN8O2. The molecule has 0 radical (unpaired) electrons. The van der Waals surface area contributed by atoms with E-state index in [-0.39, 0.29) is 22.7 Å². The Morgan fingerprint density at radius 1 is 1.14 bits per heavy atom. The lowest BCUT2D eigenvalue weighted by molar-refractivity contribution is 0.1000. The first-order chi connectivity index (χ1) is 17.9. The molecule has 6 rings (SSSR count). The highest BCUT2D eigenvalue weighted by Gasteiger charge is 2.28. The van der Waals surface area contributed by atoms with Crippen molar-refractivity contribution >= 4 is 17.5 Å². The summed E-state index contributed by atoms with van der Waals surface area (Å²) in [6, 6.07) is 12.5. The van der Waals surface area contributed by atoms with E-state index in [4.69, 9.17) is 17.3 Å². The molecule has 0 spiro atoms. The average molecular weight is 517 g/mol. The van der Waals surface area contributed by atoms with Crippen LogP contribution in [0.2, 0.25) is 5.02 Å². The number of halogens is 2. The number of imidazole rings is 1. The quantitative estimate of drug-likeness (QED) is 0.367. The summed E-state index contributed by atoms with van der Waals surface area (Å²) in [5, 5.41) is 11.9. The minimum atomic E-state index is -0.708. The van der Waals surface area contributed by atoms with Crippen LogP contribution in [0.3, 0.4) is 0 Å². The lowest BCUT2D eigenvalue weighted by atomic mass is 10.0. The van der Waals surface area contributed by atoms with Crippen LogP contribution in [-0.4, -0.2) is 40.6 Å². The minimum absolute atomic E-state index is 0.0796. The van der Waals surface area contributed by atoms with Gasteiger partial charge in [0.2, 0.25) is 5.91 Å². The number of aromatic amines is 1. The number of rotatable bonds is 5. The first-order valence-corrected chi connectivity index (χ1v) is 11.7. The van der Waals surface area contributed by atoms with Crippen LogP contribution in [0, 0.1) is 5.82 Å². The number of amides is 1. The van der Waals surface area contributed by atoms with Gasteiger partial charge in [-0.15, -0.1) is 5.10 Å². The SMILES string of the molecule is NC(=O)c1ccc(-c2cnc(C3CCc4cc(-c5cc(Cl)ccc5-n5cnnn5)cc(=O)n43)[nH]2)c(F)c1. The summed E-state index contributed by atoms with van der Waals surface area (Å²) in [7, 11) is 0. The Morgan fingerprint density at radius 3 is 2.76 bits per heavy atom. The molecule has 1 unspecified atom stereocenters. The second-order valence-electron chi connectivity index (χ2n) is 8.65. The number of nitrogens with two attached hydrogens (primary N) is 1. The van der Waals surface area contributed by atoms with Crippen LogP contribution in [0.1, 0.15) is 34.3 Å². The van der Waals surface area contributed by atoms with Crippen molar-refractivity contribution in [2.24, 2.45) is 5.73 Å². The number of benzene rings is 2. The van der Waals surface area contributed by atoms with Crippen molar-refractivity contribution in [2.75, 3.05) is 0 Å². The topological polar surface area (TPSA) is 137 Å². The maximum Gasteiger partial charge on any atom is 0.252 e. The van der Waals surface area contributed by atoms with Gasteiger partial charge >= 0.3 is 0 Å². The van der Waals surface area contributed by atoms with Crippen LogP contribution >= 0.6 is 11.6 Å². The molecule has 12 heteroatoms. The van der Waals surface area contributed by atoms with E-state index >= 15 is 0 Å². The number of nitrogens with one attached hydrogen (secondary N) is 1. The number of carbonyl (C=O) groups is 1. The standard InChI is InChI=1S/C25H18ClFN8O2/c26-15-2-5-21(34-12-30-32-33-34)18(10-15)14-7-16-3-6-22(35(16)23(36)9-14)25-29-11-20(31-25)17-4-1-13(24(28)37)8-19(17)27/h1-2,4-5,7-12,22H,3,6H2,(H2,28,37)(H,29,31). The fraction of sp³-hybridized carbons (Fsp3) is 0.120. The second-order valence-corrected chi connectivity index (χ2v) is 9.09. The van der Waals surface area contributed by atoms with Gasteiger partial charge in [-0.3, -0.25) is 9.59 Å². The van der Waals surface area contributed by atoms with Crippen molar-refractivity contribution in [3.63, 3.8) is 0 Å². The normalized spacial score (nSPS) is 14.6. The fourth-order valence-corrected chi connectivity index (χ4v) is 4.92. The van der Waals surface area contributed by atoms with Gasteiger partial charge in [-0.2, -0.15) is 4.68 Å². The van der Waals surface area contributed by atoms with E-state index < -0.39 is 11.7 Å². The molecule has 1 aliphatic rings. The van der Waals surface area contributed by atoms with E-state index in [1.807, 2.05) is 6.07 Å². The summed E-state index contributed by atoms with van der Waals surface area (Å²) in [4.78, 5) is 32.2. The number of H-pyrrole nitrogens is 1. The third-order valence-electron chi connectivity index (χ3n) is 6.45. The molecule has 0 saturated carbocycles. The summed E-state index contributed by atoms with van der Waals surface area (Å²) in [5.74, 6) is -0.765. The number of hydrogen-bond donors (Lipinski definition) is 2. The van der Waals surface area contributed by atoms with Crippen LogP contribution in [0.4, 0.5) is 4.39 Å². The molecule has 4 heterocycles. The molecule has 0 fully saturated rings. The zero-order valence-corrected chi connectivity index (χ0v) is 19.9. The smallest absolute Gasteiger partial charge is 0.252 e. The van der Waals surface area contributed by atoms with Crippen LogP contribution in [0.5, 0.6) is 0 Å². The number of aryl methyl sites for hydroxylation is 1. The molecule has 10 nitrogen and oxygen atoms in total. The van der Waals surface area contributed by atoms with Crippen molar-refractivity contribution in [1.82, 2.24) is 34.7 Å².